The first-order valence-corrected chi connectivity index (χ1v) is 8.15. The van der Waals surface area contributed by atoms with Gasteiger partial charge in [0.1, 0.15) is 0 Å². The second kappa shape index (κ2) is 6.08. The Morgan fingerprint density at radius 1 is 0.857 bits per heavy atom. The molecule has 0 radical (unpaired) electrons. The lowest BCUT2D eigenvalue weighted by atomic mass is 10.2. The van der Waals surface area contributed by atoms with Gasteiger partial charge in [-0.1, -0.05) is 44.0 Å². The van der Waals surface area contributed by atoms with Gasteiger partial charge in [-0.25, -0.2) is 0 Å². The summed E-state index contributed by atoms with van der Waals surface area (Å²) in [6.45, 7) is 0. The Morgan fingerprint density at radius 2 is 1.57 bits per heavy atom. The van der Waals surface area contributed by atoms with E-state index < -0.39 is 0 Å². The van der Waals surface area contributed by atoms with Gasteiger partial charge in [0.05, 0.1) is 0 Å². The minimum Gasteiger partial charge on any atom is -0.361 e. The number of rotatable bonds is 0. The molecule has 2 heterocycles. The lowest BCUT2D eigenvalue weighted by Crippen LogP contribution is -1.82. The van der Waals surface area contributed by atoms with Crippen molar-refractivity contribution in [3.8, 4) is 0 Å². The van der Waals surface area contributed by atoms with E-state index in [4.69, 9.17) is 0 Å². The van der Waals surface area contributed by atoms with Crippen molar-refractivity contribution in [1.82, 2.24) is 9.55 Å². The van der Waals surface area contributed by atoms with Crippen LogP contribution in [0.2, 0.25) is 0 Å². The Balaban J connectivity index is 0.000000126. The van der Waals surface area contributed by atoms with Crippen molar-refractivity contribution in [3.05, 3.63) is 69.9 Å². The molecule has 0 saturated carbocycles. The molecule has 21 heavy (non-hydrogen) atoms. The van der Waals surface area contributed by atoms with Crippen molar-refractivity contribution in [2.75, 3.05) is 0 Å². The van der Waals surface area contributed by atoms with Crippen LogP contribution in [0.3, 0.4) is 0 Å². The molecule has 4 aromatic rings. The molecule has 0 spiro atoms. The largest absolute Gasteiger partial charge is 0.361 e. The van der Waals surface area contributed by atoms with Crippen LogP contribution in [0.25, 0.3) is 21.8 Å². The molecule has 0 aliphatic heterocycles. The third-order valence-corrected chi connectivity index (χ3v) is 4.35. The van der Waals surface area contributed by atoms with Crippen LogP contribution in [-0.4, -0.2) is 9.55 Å². The SMILES string of the molecule is Brc1ccc2cc[nH]c2c1.Cn1ccc2ccc(Br)cc21. The smallest absolute Gasteiger partial charge is 0.0488 e. The molecule has 0 amide bonds. The highest BCUT2D eigenvalue weighted by Crippen LogP contribution is 2.19. The molecule has 2 nitrogen and oxygen atoms in total. The van der Waals surface area contributed by atoms with E-state index in [1.807, 2.05) is 12.3 Å². The highest BCUT2D eigenvalue weighted by Gasteiger charge is 1.96. The van der Waals surface area contributed by atoms with Crippen molar-refractivity contribution >= 4 is 53.7 Å². The maximum absolute atomic E-state index is 3.44. The number of aryl methyl sites for hydroxylation is 1. The van der Waals surface area contributed by atoms with Crippen molar-refractivity contribution in [2.45, 2.75) is 0 Å². The normalized spacial score (nSPS) is 10.6. The summed E-state index contributed by atoms with van der Waals surface area (Å²) in [5.74, 6) is 0. The van der Waals surface area contributed by atoms with Crippen LogP contribution in [0.5, 0.6) is 0 Å². The van der Waals surface area contributed by atoms with Gasteiger partial charge in [-0.2, -0.15) is 0 Å². The summed E-state index contributed by atoms with van der Waals surface area (Å²) in [5, 5.41) is 2.54. The first-order chi connectivity index (χ1) is 10.1. The fraction of sp³-hybridized carbons (Fsp3) is 0.0588. The van der Waals surface area contributed by atoms with Crippen LogP contribution < -0.4 is 0 Å². The third-order valence-electron chi connectivity index (χ3n) is 3.37. The van der Waals surface area contributed by atoms with E-state index in [2.05, 4.69) is 97.1 Å². The monoisotopic (exact) mass is 404 g/mol. The summed E-state index contributed by atoms with van der Waals surface area (Å²) in [5.41, 5.74) is 2.44. The van der Waals surface area contributed by atoms with Gasteiger partial charge in [-0.05, 0) is 47.2 Å². The average molecular weight is 406 g/mol. The second-order valence-corrected chi connectivity index (χ2v) is 6.67. The fourth-order valence-corrected chi connectivity index (χ4v) is 2.97. The van der Waals surface area contributed by atoms with Gasteiger partial charge in [0.15, 0.2) is 0 Å². The Bertz CT molecular complexity index is 890. The zero-order valence-electron chi connectivity index (χ0n) is 11.5. The zero-order valence-corrected chi connectivity index (χ0v) is 14.6. The van der Waals surface area contributed by atoms with E-state index in [1.54, 1.807) is 0 Å². The maximum Gasteiger partial charge on any atom is 0.0488 e. The number of hydrogen-bond donors (Lipinski definition) is 1. The Morgan fingerprint density at radius 3 is 2.38 bits per heavy atom. The van der Waals surface area contributed by atoms with Crippen molar-refractivity contribution in [3.63, 3.8) is 0 Å². The number of aromatic amines is 1. The summed E-state index contributed by atoms with van der Waals surface area (Å²) in [6.07, 6.45) is 4.01. The van der Waals surface area contributed by atoms with E-state index in [9.17, 15) is 0 Å². The molecule has 0 aliphatic rings. The lowest BCUT2D eigenvalue weighted by molar-refractivity contribution is 0.969. The predicted octanol–water partition coefficient (Wildman–Crippen LogP) is 5.87. The number of fused-ring (bicyclic) bond motifs is 2. The summed E-state index contributed by atoms with van der Waals surface area (Å²) < 4.78 is 4.36. The molecule has 0 saturated heterocycles. The molecule has 1 N–H and O–H groups in total. The van der Waals surface area contributed by atoms with Gasteiger partial charge >= 0.3 is 0 Å². The Labute approximate surface area is 140 Å². The van der Waals surface area contributed by atoms with E-state index >= 15 is 0 Å². The summed E-state index contributed by atoms with van der Waals surface area (Å²) in [6, 6.07) is 16.6. The van der Waals surface area contributed by atoms with Gasteiger partial charge in [-0.3, -0.25) is 0 Å². The molecular weight excluding hydrogens is 392 g/mol. The highest BCUT2D eigenvalue weighted by molar-refractivity contribution is 9.10. The number of halogens is 2. The number of H-pyrrole nitrogens is 1. The highest BCUT2D eigenvalue weighted by atomic mass is 79.9. The molecule has 0 atom stereocenters. The average Bonchev–Trinajstić information content (AvgIpc) is 3.06. The zero-order chi connectivity index (χ0) is 14.8. The Kier molecular flexibility index (Phi) is 4.17. The second-order valence-electron chi connectivity index (χ2n) is 4.84. The standard InChI is InChI=1S/C9H8BrN.C8H6BrN/c1-11-5-4-7-2-3-8(10)6-9(7)11;9-7-2-1-6-3-4-10-8(6)5-7/h2-6H,1H3;1-5,10H. The summed E-state index contributed by atoms with van der Waals surface area (Å²) in [7, 11) is 2.05. The van der Waals surface area contributed by atoms with E-state index in [0.29, 0.717) is 0 Å². The number of nitrogens with zero attached hydrogens (tertiary/aromatic N) is 1. The molecule has 2 aromatic carbocycles. The maximum atomic E-state index is 3.44. The predicted molar refractivity (Wildman–Crippen MR) is 96.6 cm³/mol. The lowest BCUT2D eigenvalue weighted by Gasteiger charge is -1.95. The molecule has 4 rings (SSSR count). The van der Waals surface area contributed by atoms with Crippen LogP contribution in [0.15, 0.2) is 69.9 Å². The molecule has 0 bridgehead atoms. The van der Waals surface area contributed by atoms with Crippen LogP contribution in [0, 0.1) is 0 Å². The van der Waals surface area contributed by atoms with Gasteiger partial charge in [0.2, 0.25) is 0 Å². The van der Waals surface area contributed by atoms with Crippen LogP contribution in [0.4, 0.5) is 0 Å². The van der Waals surface area contributed by atoms with Gasteiger partial charge in [0, 0.05) is 39.4 Å². The molecule has 0 aliphatic carbocycles. The summed E-state index contributed by atoms with van der Waals surface area (Å²) >= 11 is 6.84. The fourth-order valence-electron chi connectivity index (χ4n) is 2.26. The van der Waals surface area contributed by atoms with E-state index in [0.717, 1.165) is 8.95 Å². The third kappa shape index (κ3) is 3.22. The van der Waals surface area contributed by atoms with Crippen molar-refractivity contribution in [1.29, 1.82) is 0 Å². The number of nitrogens with one attached hydrogen (secondary N) is 1. The van der Waals surface area contributed by atoms with Crippen LogP contribution in [-0.2, 0) is 7.05 Å². The topological polar surface area (TPSA) is 20.7 Å². The van der Waals surface area contributed by atoms with Gasteiger partial charge in [-0.15, -0.1) is 0 Å². The number of hydrogen-bond acceptors (Lipinski definition) is 0. The van der Waals surface area contributed by atoms with Crippen molar-refractivity contribution in [2.24, 2.45) is 7.05 Å². The number of aromatic nitrogens is 2. The first-order valence-electron chi connectivity index (χ1n) is 6.57. The van der Waals surface area contributed by atoms with Crippen molar-refractivity contribution < 1.29 is 0 Å². The Hall–Kier alpha value is -1.52. The van der Waals surface area contributed by atoms with E-state index in [-0.39, 0.29) is 0 Å². The first kappa shape index (κ1) is 14.4. The molecule has 4 heteroatoms. The molecule has 0 unspecified atom stereocenters. The molecular formula is C17H14Br2N2. The molecule has 0 fully saturated rings. The minimum absolute atomic E-state index is 1.11. The quantitative estimate of drug-likeness (QED) is 0.377. The van der Waals surface area contributed by atoms with E-state index in [1.165, 1.54) is 21.8 Å². The van der Waals surface area contributed by atoms with Gasteiger partial charge in [0.25, 0.3) is 0 Å². The van der Waals surface area contributed by atoms with Crippen LogP contribution >= 0.6 is 31.9 Å². The van der Waals surface area contributed by atoms with Crippen LogP contribution in [0.1, 0.15) is 0 Å². The van der Waals surface area contributed by atoms with Gasteiger partial charge < -0.3 is 9.55 Å². The summed E-state index contributed by atoms with van der Waals surface area (Å²) in [4.78, 5) is 3.13. The number of benzene rings is 2. The molecule has 106 valence electrons. The minimum atomic E-state index is 1.11. The molecule has 2 aromatic heterocycles.